The fraction of sp³-hybridized carbons (Fsp3) is 0.682. The van der Waals surface area contributed by atoms with Crippen LogP contribution >= 0.6 is 0 Å². The maximum Gasteiger partial charge on any atom is 0.191 e. The lowest BCUT2D eigenvalue weighted by Crippen LogP contribution is -2.42. The molecule has 1 heterocycles. The highest BCUT2D eigenvalue weighted by Crippen LogP contribution is 2.44. The highest BCUT2D eigenvalue weighted by Gasteiger charge is 2.36. The van der Waals surface area contributed by atoms with E-state index in [9.17, 15) is 0 Å². The Balaban J connectivity index is 1.56. The van der Waals surface area contributed by atoms with Gasteiger partial charge < -0.3 is 20.1 Å². The SMILES string of the molecule is CCNC(=NCC1(CCOC)CCC1)NCC1CCOC1c1ccccc1. The third-order valence-electron chi connectivity index (χ3n) is 6.04. The van der Waals surface area contributed by atoms with Gasteiger partial charge in [0.1, 0.15) is 0 Å². The van der Waals surface area contributed by atoms with Crippen LogP contribution in [0.15, 0.2) is 35.3 Å². The molecule has 0 aromatic heterocycles. The molecule has 2 fully saturated rings. The van der Waals surface area contributed by atoms with Crippen molar-refractivity contribution in [2.45, 2.75) is 45.1 Å². The molecule has 0 spiro atoms. The number of nitrogens with one attached hydrogen (secondary N) is 2. The van der Waals surface area contributed by atoms with Gasteiger partial charge in [-0.1, -0.05) is 36.8 Å². The van der Waals surface area contributed by atoms with Crippen molar-refractivity contribution in [1.29, 1.82) is 0 Å². The fourth-order valence-corrected chi connectivity index (χ4v) is 4.15. The zero-order valence-corrected chi connectivity index (χ0v) is 16.9. The van der Waals surface area contributed by atoms with Crippen LogP contribution in [0.1, 0.15) is 50.7 Å². The maximum atomic E-state index is 6.01. The normalized spacial score (nSPS) is 24.4. The molecule has 5 heteroatoms. The topological polar surface area (TPSA) is 54.9 Å². The number of hydrogen-bond acceptors (Lipinski definition) is 3. The lowest BCUT2D eigenvalue weighted by Gasteiger charge is -2.40. The number of nitrogens with zero attached hydrogens (tertiary/aromatic N) is 1. The van der Waals surface area contributed by atoms with Crippen molar-refractivity contribution in [3.05, 3.63) is 35.9 Å². The Kier molecular flexibility index (Phi) is 7.53. The van der Waals surface area contributed by atoms with Crippen LogP contribution in [0.4, 0.5) is 0 Å². The molecule has 150 valence electrons. The monoisotopic (exact) mass is 373 g/mol. The van der Waals surface area contributed by atoms with Gasteiger partial charge in [-0.3, -0.25) is 4.99 Å². The van der Waals surface area contributed by atoms with Gasteiger partial charge in [-0.2, -0.15) is 0 Å². The van der Waals surface area contributed by atoms with E-state index in [1.165, 1.54) is 24.8 Å². The van der Waals surface area contributed by atoms with Gasteiger partial charge in [0.25, 0.3) is 0 Å². The second-order valence-electron chi connectivity index (χ2n) is 7.92. The predicted octanol–water partition coefficient (Wildman–Crippen LogP) is 3.53. The van der Waals surface area contributed by atoms with Gasteiger partial charge in [0.2, 0.25) is 0 Å². The zero-order valence-electron chi connectivity index (χ0n) is 16.9. The minimum absolute atomic E-state index is 0.182. The fourth-order valence-electron chi connectivity index (χ4n) is 4.15. The van der Waals surface area contributed by atoms with E-state index in [0.717, 1.165) is 51.6 Å². The Hall–Kier alpha value is -1.59. The average molecular weight is 374 g/mol. The van der Waals surface area contributed by atoms with Crippen molar-refractivity contribution in [2.75, 3.05) is 40.0 Å². The summed E-state index contributed by atoms with van der Waals surface area (Å²) in [7, 11) is 1.79. The molecular weight excluding hydrogens is 338 g/mol. The summed E-state index contributed by atoms with van der Waals surface area (Å²) in [6, 6.07) is 10.6. The minimum atomic E-state index is 0.182. The van der Waals surface area contributed by atoms with Crippen molar-refractivity contribution in [3.8, 4) is 0 Å². The second-order valence-corrected chi connectivity index (χ2v) is 7.92. The molecule has 2 aliphatic rings. The largest absolute Gasteiger partial charge is 0.385 e. The molecule has 0 amide bonds. The van der Waals surface area contributed by atoms with Gasteiger partial charge in [-0.05, 0) is 43.6 Å². The summed E-state index contributed by atoms with van der Waals surface area (Å²) in [6.45, 7) is 6.43. The Labute approximate surface area is 163 Å². The standard InChI is InChI=1S/C22H35N3O2/c1-3-23-21(25-17-22(11-7-12-22)13-15-26-2)24-16-19-10-14-27-20(19)18-8-5-4-6-9-18/h4-6,8-9,19-20H,3,7,10-17H2,1-2H3,(H2,23,24,25). The lowest BCUT2D eigenvalue weighted by atomic mass is 9.67. The highest BCUT2D eigenvalue weighted by molar-refractivity contribution is 5.79. The summed E-state index contributed by atoms with van der Waals surface area (Å²) >= 11 is 0. The summed E-state index contributed by atoms with van der Waals surface area (Å²) < 4.78 is 11.3. The summed E-state index contributed by atoms with van der Waals surface area (Å²) in [4.78, 5) is 4.92. The molecule has 1 aromatic carbocycles. The first-order chi connectivity index (χ1) is 13.3. The predicted molar refractivity (Wildman–Crippen MR) is 110 cm³/mol. The number of methoxy groups -OCH3 is 1. The first-order valence-electron chi connectivity index (χ1n) is 10.4. The van der Waals surface area contributed by atoms with Crippen LogP contribution in [0.5, 0.6) is 0 Å². The summed E-state index contributed by atoms with van der Waals surface area (Å²) in [5, 5.41) is 6.97. The van der Waals surface area contributed by atoms with Crippen LogP contribution in [0, 0.1) is 11.3 Å². The molecule has 1 aliphatic heterocycles. The highest BCUT2D eigenvalue weighted by atomic mass is 16.5. The van der Waals surface area contributed by atoms with Crippen LogP contribution in [0.2, 0.25) is 0 Å². The number of aliphatic imine (C=N–C) groups is 1. The molecule has 2 N–H and O–H groups in total. The third kappa shape index (κ3) is 5.45. The maximum absolute atomic E-state index is 6.01. The first-order valence-corrected chi connectivity index (χ1v) is 10.4. The molecular formula is C22H35N3O2. The number of guanidine groups is 1. The molecule has 5 nitrogen and oxygen atoms in total. The van der Waals surface area contributed by atoms with Crippen molar-refractivity contribution in [1.82, 2.24) is 10.6 Å². The van der Waals surface area contributed by atoms with Gasteiger partial charge in [-0.25, -0.2) is 0 Å². The number of hydrogen-bond donors (Lipinski definition) is 2. The number of rotatable bonds is 9. The Morgan fingerprint density at radius 1 is 1.26 bits per heavy atom. The molecule has 1 aromatic rings. The van der Waals surface area contributed by atoms with Crippen LogP contribution in [-0.4, -0.2) is 45.9 Å². The van der Waals surface area contributed by atoms with E-state index < -0.39 is 0 Å². The summed E-state index contributed by atoms with van der Waals surface area (Å²) in [5.74, 6) is 1.40. The van der Waals surface area contributed by atoms with E-state index in [1.54, 1.807) is 7.11 Å². The zero-order chi connectivity index (χ0) is 19.0. The van der Waals surface area contributed by atoms with E-state index >= 15 is 0 Å². The van der Waals surface area contributed by atoms with Crippen LogP contribution in [0.25, 0.3) is 0 Å². The Bertz CT molecular complexity index is 586. The lowest BCUT2D eigenvalue weighted by molar-refractivity contribution is 0.0778. The average Bonchev–Trinajstić information content (AvgIpc) is 3.14. The van der Waals surface area contributed by atoms with Crippen molar-refractivity contribution in [3.63, 3.8) is 0 Å². The van der Waals surface area contributed by atoms with Crippen molar-refractivity contribution < 1.29 is 9.47 Å². The molecule has 3 rings (SSSR count). The Morgan fingerprint density at radius 2 is 2.07 bits per heavy atom. The number of ether oxygens (including phenoxy) is 2. The molecule has 27 heavy (non-hydrogen) atoms. The van der Waals surface area contributed by atoms with E-state index in [1.807, 2.05) is 0 Å². The molecule has 1 saturated heterocycles. The molecule has 0 bridgehead atoms. The minimum Gasteiger partial charge on any atom is -0.385 e. The van der Waals surface area contributed by atoms with Gasteiger partial charge in [0, 0.05) is 45.9 Å². The second kappa shape index (κ2) is 10.1. The van der Waals surface area contributed by atoms with Gasteiger partial charge in [0.05, 0.1) is 6.10 Å². The van der Waals surface area contributed by atoms with E-state index in [4.69, 9.17) is 14.5 Å². The summed E-state index contributed by atoms with van der Waals surface area (Å²) in [6.07, 6.45) is 6.24. The van der Waals surface area contributed by atoms with Gasteiger partial charge in [0.15, 0.2) is 5.96 Å². The van der Waals surface area contributed by atoms with Crippen LogP contribution < -0.4 is 10.6 Å². The molecule has 2 atom stereocenters. The molecule has 0 radical (unpaired) electrons. The van der Waals surface area contributed by atoms with E-state index in [2.05, 4.69) is 47.9 Å². The van der Waals surface area contributed by atoms with Gasteiger partial charge >= 0.3 is 0 Å². The van der Waals surface area contributed by atoms with E-state index in [0.29, 0.717) is 11.3 Å². The molecule has 1 aliphatic carbocycles. The quantitative estimate of drug-likeness (QED) is 0.514. The van der Waals surface area contributed by atoms with Crippen LogP contribution in [-0.2, 0) is 9.47 Å². The smallest absolute Gasteiger partial charge is 0.191 e. The first kappa shape index (κ1) is 20.2. The molecule has 2 unspecified atom stereocenters. The van der Waals surface area contributed by atoms with Crippen molar-refractivity contribution in [2.24, 2.45) is 16.3 Å². The van der Waals surface area contributed by atoms with E-state index in [-0.39, 0.29) is 6.10 Å². The Morgan fingerprint density at radius 3 is 2.74 bits per heavy atom. The van der Waals surface area contributed by atoms with Gasteiger partial charge in [-0.15, -0.1) is 0 Å². The van der Waals surface area contributed by atoms with Crippen molar-refractivity contribution >= 4 is 5.96 Å². The third-order valence-corrected chi connectivity index (χ3v) is 6.04. The van der Waals surface area contributed by atoms with Crippen LogP contribution in [0.3, 0.4) is 0 Å². The number of benzene rings is 1. The molecule has 1 saturated carbocycles. The summed E-state index contributed by atoms with van der Waals surface area (Å²) in [5.41, 5.74) is 1.62.